The predicted molar refractivity (Wildman–Crippen MR) is 241 cm³/mol. The fraction of sp³-hybridized carbons (Fsp3) is 0.712. The third-order valence-corrected chi connectivity index (χ3v) is 10.6. The summed E-state index contributed by atoms with van der Waals surface area (Å²) in [6.45, 7) is 5.55. The van der Waals surface area contributed by atoms with Gasteiger partial charge in [-0.15, -0.1) is 0 Å². The SMILES string of the molecule is CCCCCCCCCCCCCCCCC/C=C\CCCCCCCCCOCc1ccccc1.O=CCCCCCCCCCOCc1ccccc1. The minimum atomic E-state index is 0.729. The molecule has 314 valence electrons. The highest BCUT2D eigenvalue weighted by Crippen LogP contribution is 2.15. The summed E-state index contributed by atoms with van der Waals surface area (Å²) in [5.74, 6) is 0. The molecule has 3 nitrogen and oxygen atoms in total. The average molecular weight is 761 g/mol. The lowest BCUT2D eigenvalue weighted by Gasteiger charge is -2.04. The van der Waals surface area contributed by atoms with Crippen molar-refractivity contribution in [2.75, 3.05) is 13.2 Å². The first-order valence-electron chi connectivity index (χ1n) is 23.7. The summed E-state index contributed by atoms with van der Waals surface area (Å²) in [5.41, 5.74) is 2.53. The summed E-state index contributed by atoms with van der Waals surface area (Å²) >= 11 is 0. The maximum atomic E-state index is 10.1. The number of carbonyl (C=O) groups is 1. The Morgan fingerprint density at radius 3 is 0.982 bits per heavy atom. The fourth-order valence-corrected chi connectivity index (χ4v) is 7.06. The second-order valence-electron chi connectivity index (χ2n) is 16.0. The van der Waals surface area contributed by atoms with Crippen LogP contribution in [0.25, 0.3) is 0 Å². The highest BCUT2D eigenvalue weighted by molar-refractivity contribution is 5.48. The topological polar surface area (TPSA) is 35.5 Å². The molecular formula is C52H88O3. The van der Waals surface area contributed by atoms with Gasteiger partial charge in [-0.05, 0) is 56.1 Å². The molecule has 0 saturated carbocycles. The van der Waals surface area contributed by atoms with Crippen LogP contribution in [0.5, 0.6) is 0 Å². The molecule has 0 aliphatic heterocycles. The molecule has 0 unspecified atom stereocenters. The van der Waals surface area contributed by atoms with Gasteiger partial charge in [-0.1, -0.05) is 234 Å². The number of carbonyl (C=O) groups excluding carboxylic acids is 1. The molecule has 3 heteroatoms. The summed E-state index contributed by atoms with van der Waals surface area (Å²) in [7, 11) is 0. The van der Waals surface area contributed by atoms with E-state index in [1.54, 1.807) is 0 Å². The Kier molecular flexibility index (Phi) is 41.1. The fourth-order valence-electron chi connectivity index (χ4n) is 7.06. The summed E-state index contributed by atoms with van der Waals surface area (Å²) in [5, 5.41) is 0. The van der Waals surface area contributed by atoms with Gasteiger partial charge in [0.2, 0.25) is 0 Å². The van der Waals surface area contributed by atoms with Crippen molar-refractivity contribution in [1.29, 1.82) is 0 Å². The zero-order valence-electron chi connectivity index (χ0n) is 36.2. The van der Waals surface area contributed by atoms with Crippen molar-refractivity contribution in [1.82, 2.24) is 0 Å². The third kappa shape index (κ3) is 39.8. The number of hydrogen-bond donors (Lipinski definition) is 0. The highest BCUT2D eigenvalue weighted by Gasteiger charge is 1.97. The van der Waals surface area contributed by atoms with Crippen LogP contribution in [0.3, 0.4) is 0 Å². The maximum Gasteiger partial charge on any atom is 0.119 e. The van der Waals surface area contributed by atoms with Gasteiger partial charge in [0.05, 0.1) is 13.2 Å². The highest BCUT2D eigenvalue weighted by atomic mass is 16.5. The summed E-state index contributed by atoms with van der Waals surface area (Å²) in [6.07, 6.45) is 48.9. The van der Waals surface area contributed by atoms with Crippen molar-refractivity contribution in [2.45, 2.75) is 226 Å². The normalized spacial score (nSPS) is 11.2. The molecular weight excluding hydrogens is 673 g/mol. The molecule has 0 heterocycles. The molecule has 0 fully saturated rings. The van der Waals surface area contributed by atoms with Crippen molar-refractivity contribution in [3.63, 3.8) is 0 Å². The molecule has 0 spiro atoms. The van der Waals surface area contributed by atoms with Gasteiger partial charge in [0.25, 0.3) is 0 Å². The van der Waals surface area contributed by atoms with Crippen molar-refractivity contribution in [3.8, 4) is 0 Å². The van der Waals surface area contributed by atoms with E-state index in [4.69, 9.17) is 9.47 Å². The second-order valence-corrected chi connectivity index (χ2v) is 16.0. The number of benzene rings is 2. The van der Waals surface area contributed by atoms with Crippen LogP contribution in [0.2, 0.25) is 0 Å². The molecule has 0 radical (unpaired) electrons. The number of ether oxygens (including phenoxy) is 2. The van der Waals surface area contributed by atoms with Crippen molar-refractivity contribution in [3.05, 3.63) is 83.9 Å². The smallest absolute Gasteiger partial charge is 0.119 e. The van der Waals surface area contributed by atoms with Gasteiger partial charge in [0.1, 0.15) is 6.29 Å². The van der Waals surface area contributed by atoms with Crippen LogP contribution in [0.4, 0.5) is 0 Å². The Hall–Kier alpha value is -2.23. The lowest BCUT2D eigenvalue weighted by Crippen LogP contribution is -1.95. The maximum absolute atomic E-state index is 10.1. The average Bonchev–Trinajstić information content (AvgIpc) is 3.22. The molecule has 0 atom stereocenters. The molecule has 2 rings (SSSR count). The number of allylic oxidation sites excluding steroid dienone is 2. The molecule has 0 aliphatic carbocycles. The van der Waals surface area contributed by atoms with E-state index < -0.39 is 0 Å². The van der Waals surface area contributed by atoms with Crippen molar-refractivity contribution >= 4 is 6.29 Å². The quantitative estimate of drug-likeness (QED) is 0.0385. The first-order valence-corrected chi connectivity index (χ1v) is 23.7. The van der Waals surface area contributed by atoms with E-state index in [0.717, 1.165) is 52.0 Å². The van der Waals surface area contributed by atoms with Crippen LogP contribution < -0.4 is 0 Å². The van der Waals surface area contributed by atoms with Gasteiger partial charge in [0.15, 0.2) is 0 Å². The summed E-state index contributed by atoms with van der Waals surface area (Å²) in [6, 6.07) is 20.8. The van der Waals surface area contributed by atoms with E-state index in [1.165, 1.54) is 197 Å². The molecule has 0 bridgehead atoms. The van der Waals surface area contributed by atoms with Crippen molar-refractivity contribution < 1.29 is 14.3 Å². The molecule has 2 aromatic rings. The number of aldehydes is 1. The standard InChI is InChI=1S/C35H62O.C17H26O2/c1-2-3-4-5-6-7-8-9-10-11-12-13-14-15-16-17-18-19-20-21-22-23-24-25-26-30-33-36-34-35-31-28-27-29-32-35;18-14-10-5-3-1-2-4-6-11-15-19-16-17-12-8-7-9-13-17/h18-19,27-29,31-32H,2-17,20-26,30,33-34H2,1H3;7-9,12-14H,1-6,10-11,15-16H2/b19-18-;. The monoisotopic (exact) mass is 761 g/mol. The van der Waals surface area contributed by atoms with Gasteiger partial charge in [-0.25, -0.2) is 0 Å². The van der Waals surface area contributed by atoms with Gasteiger partial charge >= 0.3 is 0 Å². The number of rotatable bonds is 40. The zero-order chi connectivity index (χ0) is 39.2. The Labute approximate surface area is 342 Å². The van der Waals surface area contributed by atoms with E-state index in [0.29, 0.717) is 0 Å². The van der Waals surface area contributed by atoms with E-state index in [9.17, 15) is 4.79 Å². The molecule has 0 aliphatic rings. The lowest BCUT2D eigenvalue weighted by atomic mass is 10.0. The molecule has 2 aromatic carbocycles. The lowest BCUT2D eigenvalue weighted by molar-refractivity contribution is -0.107. The van der Waals surface area contributed by atoms with Crippen LogP contribution in [-0.2, 0) is 27.5 Å². The third-order valence-electron chi connectivity index (χ3n) is 10.6. The molecule has 0 N–H and O–H groups in total. The summed E-state index contributed by atoms with van der Waals surface area (Å²) in [4.78, 5) is 10.1. The Morgan fingerprint density at radius 2 is 0.655 bits per heavy atom. The van der Waals surface area contributed by atoms with Crippen LogP contribution >= 0.6 is 0 Å². The minimum Gasteiger partial charge on any atom is -0.377 e. The molecule has 0 amide bonds. The van der Waals surface area contributed by atoms with Crippen LogP contribution in [0.15, 0.2) is 72.8 Å². The van der Waals surface area contributed by atoms with E-state index in [1.807, 2.05) is 18.2 Å². The van der Waals surface area contributed by atoms with Crippen molar-refractivity contribution in [2.24, 2.45) is 0 Å². The molecule has 55 heavy (non-hydrogen) atoms. The van der Waals surface area contributed by atoms with Gasteiger partial charge in [0, 0.05) is 19.6 Å². The van der Waals surface area contributed by atoms with E-state index in [2.05, 4.69) is 61.5 Å². The van der Waals surface area contributed by atoms with Gasteiger partial charge < -0.3 is 14.3 Å². The van der Waals surface area contributed by atoms with Crippen LogP contribution in [0.1, 0.15) is 224 Å². The first kappa shape index (κ1) is 50.8. The molecule has 0 aromatic heterocycles. The van der Waals surface area contributed by atoms with E-state index >= 15 is 0 Å². The minimum absolute atomic E-state index is 0.729. The van der Waals surface area contributed by atoms with Crippen LogP contribution in [-0.4, -0.2) is 19.5 Å². The Balaban J connectivity index is 0.000000666. The largest absolute Gasteiger partial charge is 0.377 e. The Bertz CT molecular complexity index is 1020. The molecule has 0 saturated heterocycles. The van der Waals surface area contributed by atoms with Gasteiger partial charge in [-0.2, -0.15) is 0 Å². The predicted octanol–water partition coefficient (Wildman–Crippen LogP) is 16.7. The summed E-state index contributed by atoms with van der Waals surface area (Å²) < 4.78 is 11.4. The Morgan fingerprint density at radius 1 is 0.364 bits per heavy atom. The zero-order valence-corrected chi connectivity index (χ0v) is 36.2. The number of hydrogen-bond acceptors (Lipinski definition) is 3. The number of unbranched alkanes of at least 4 members (excludes halogenated alkanes) is 29. The van der Waals surface area contributed by atoms with E-state index in [-0.39, 0.29) is 0 Å². The first-order chi connectivity index (χ1) is 27.4. The van der Waals surface area contributed by atoms with Gasteiger partial charge in [-0.3, -0.25) is 0 Å². The van der Waals surface area contributed by atoms with Crippen LogP contribution in [0, 0.1) is 0 Å². The second kappa shape index (κ2) is 44.5.